The second-order valence-electron chi connectivity index (χ2n) is 3.69. The molecule has 5 heteroatoms. The smallest absolute Gasteiger partial charge is 0.373 e. The van der Waals surface area contributed by atoms with Crippen LogP contribution in [0.2, 0.25) is 0 Å². The number of hydrogen-bond donors (Lipinski definition) is 0. The van der Waals surface area contributed by atoms with E-state index in [1.807, 2.05) is 18.2 Å². The van der Waals surface area contributed by atoms with E-state index in [-0.39, 0.29) is 5.76 Å². The summed E-state index contributed by atoms with van der Waals surface area (Å²) in [5, 5.41) is 0.900. The van der Waals surface area contributed by atoms with Crippen molar-refractivity contribution in [2.75, 3.05) is 18.7 Å². The minimum atomic E-state index is -0.456. The van der Waals surface area contributed by atoms with E-state index in [0.717, 1.165) is 22.5 Å². The van der Waals surface area contributed by atoms with Crippen LogP contribution in [0, 0.1) is 0 Å². The zero-order chi connectivity index (χ0) is 13.0. The third-order valence-corrected chi connectivity index (χ3v) is 3.77. The van der Waals surface area contributed by atoms with E-state index in [9.17, 15) is 4.79 Å². The molecule has 2 aromatic rings. The molecule has 18 heavy (non-hydrogen) atoms. The van der Waals surface area contributed by atoms with E-state index in [1.54, 1.807) is 17.8 Å². The van der Waals surface area contributed by atoms with Crippen LogP contribution < -0.4 is 0 Å². The first-order chi connectivity index (χ1) is 8.74. The van der Waals surface area contributed by atoms with Crippen LogP contribution in [-0.4, -0.2) is 24.7 Å². The molecule has 0 spiro atoms. The SMILES string of the molecule is COC(=O)c1cc2ccc(SCCCCl)cc2o1. The van der Waals surface area contributed by atoms with Gasteiger partial charge in [0.2, 0.25) is 5.76 Å². The van der Waals surface area contributed by atoms with Crippen LogP contribution in [0.1, 0.15) is 17.0 Å². The summed E-state index contributed by atoms with van der Waals surface area (Å²) in [4.78, 5) is 12.5. The number of rotatable bonds is 5. The van der Waals surface area contributed by atoms with Crippen molar-refractivity contribution in [2.45, 2.75) is 11.3 Å². The molecule has 0 atom stereocenters. The van der Waals surface area contributed by atoms with E-state index in [1.165, 1.54) is 7.11 Å². The molecule has 0 unspecified atom stereocenters. The van der Waals surface area contributed by atoms with Crippen LogP contribution in [0.15, 0.2) is 33.6 Å². The number of fused-ring (bicyclic) bond motifs is 1. The van der Waals surface area contributed by atoms with Gasteiger partial charge in [0.05, 0.1) is 7.11 Å². The number of furan rings is 1. The standard InChI is InChI=1S/C13H13ClO3S/c1-16-13(15)12-7-9-3-4-10(8-11(9)17-12)18-6-2-5-14/h3-4,7-8H,2,5-6H2,1H3. The van der Waals surface area contributed by atoms with Crippen LogP contribution in [0.25, 0.3) is 11.0 Å². The third-order valence-electron chi connectivity index (χ3n) is 2.42. The Hall–Kier alpha value is -1.13. The lowest BCUT2D eigenvalue weighted by molar-refractivity contribution is 0.0567. The fourth-order valence-corrected chi connectivity index (χ4v) is 2.72. The van der Waals surface area contributed by atoms with Crippen LogP contribution in [0.4, 0.5) is 0 Å². The van der Waals surface area contributed by atoms with E-state index in [2.05, 4.69) is 4.74 Å². The molecule has 1 heterocycles. The molecule has 0 aliphatic rings. The lowest BCUT2D eigenvalue weighted by Gasteiger charge is -1.99. The van der Waals surface area contributed by atoms with Gasteiger partial charge in [-0.15, -0.1) is 23.4 Å². The predicted octanol–water partition coefficient (Wildman–Crippen LogP) is 3.94. The largest absolute Gasteiger partial charge is 0.463 e. The number of esters is 1. The van der Waals surface area contributed by atoms with Gasteiger partial charge in [-0.05, 0) is 36.4 Å². The molecule has 0 aliphatic heterocycles. The molecule has 1 aromatic carbocycles. The molecular weight excluding hydrogens is 272 g/mol. The van der Waals surface area contributed by atoms with Crippen molar-refractivity contribution < 1.29 is 13.9 Å². The summed E-state index contributed by atoms with van der Waals surface area (Å²) < 4.78 is 10.1. The fraction of sp³-hybridized carbons (Fsp3) is 0.308. The Bertz CT molecular complexity index is 550. The first-order valence-electron chi connectivity index (χ1n) is 5.55. The Labute approximate surface area is 114 Å². The van der Waals surface area contributed by atoms with Crippen molar-refractivity contribution in [1.82, 2.24) is 0 Å². The number of benzene rings is 1. The molecule has 0 aliphatic carbocycles. The Balaban J connectivity index is 2.20. The van der Waals surface area contributed by atoms with Crippen LogP contribution in [-0.2, 0) is 4.74 Å². The third kappa shape index (κ3) is 3.00. The molecular formula is C13H13ClO3S. The van der Waals surface area contributed by atoms with Crippen molar-refractivity contribution in [3.8, 4) is 0 Å². The van der Waals surface area contributed by atoms with Crippen molar-refractivity contribution in [3.63, 3.8) is 0 Å². The van der Waals surface area contributed by atoms with E-state index in [0.29, 0.717) is 11.5 Å². The van der Waals surface area contributed by atoms with Gasteiger partial charge in [0, 0.05) is 16.2 Å². The van der Waals surface area contributed by atoms with Gasteiger partial charge in [0.15, 0.2) is 0 Å². The number of hydrogen-bond acceptors (Lipinski definition) is 4. The quantitative estimate of drug-likeness (QED) is 0.361. The summed E-state index contributed by atoms with van der Waals surface area (Å²) in [5.74, 6) is 1.42. The molecule has 0 N–H and O–H groups in total. The van der Waals surface area contributed by atoms with Gasteiger partial charge < -0.3 is 9.15 Å². The molecule has 0 saturated carbocycles. The Morgan fingerprint density at radius 1 is 1.44 bits per heavy atom. The number of ether oxygens (including phenoxy) is 1. The highest BCUT2D eigenvalue weighted by atomic mass is 35.5. The maximum Gasteiger partial charge on any atom is 0.373 e. The molecule has 0 bridgehead atoms. The molecule has 0 radical (unpaired) electrons. The number of methoxy groups -OCH3 is 1. The molecule has 96 valence electrons. The number of carbonyl (C=O) groups excluding carboxylic acids is 1. The zero-order valence-corrected chi connectivity index (χ0v) is 11.5. The first-order valence-corrected chi connectivity index (χ1v) is 7.07. The normalized spacial score (nSPS) is 10.8. The average molecular weight is 285 g/mol. The molecule has 2 rings (SSSR count). The van der Waals surface area contributed by atoms with Crippen molar-refractivity contribution >= 4 is 40.3 Å². The van der Waals surface area contributed by atoms with Crippen molar-refractivity contribution in [2.24, 2.45) is 0 Å². The predicted molar refractivity (Wildman–Crippen MR) is 73.6 cm³/mol. The summed E-state index contributed by atoms with van der Waals surface area (Å²) in [7, 11) is 1.34. The second-order valence-corrected chi connectivity index (χ2v) is 5.24. The van der Waals surface area contributed by atoms with Gasteiger partial charge in [-0.2, -0.15) is 0 Å². The van der Waals surface area contributed by atoms with E-state index < -0.39 is 5.97 Å². The Morgan fingerprint density at radius 3 is 3.00 bits per heavy atom. The van der Waals surface area contributed by atoms with Crippen LogP contribution in [0.3, 0.4) is 0 Å². The Kier molecular flexibility index (Phi) is 4.55. The lowest BCUT2D eigenvalue weighted by Crippen LogP contribution is -1.97. The zero-order valence-electron chi connectivity index (χ0n) is 9.94. The number of halogens is 1. The molecule has 3 nitrogen and oxygen atoms in total. The van der Waals surface area contributed by atoms with E-state index >= 15 is 0 Å². The highest BCUT2D eigenvalue weighted by Crippen LogP contribution is 2.26. The summed E-state index contributed by atoms with van der Waals surface area (Å²) in [5.41, 5.74) is 0.700. The molecule has 0 amide bonds. The molecule has 0 fully saturated rings. The summed E-state index contributed by atoms with van der Waals surface area (Å²) >= 11 is 7.36. The maximum absolute atomic E-state index is 11.3. The Morgan fingerprint density at radius 2 is 2.28 bits per heavy atom. The fourth-order valence-electron chi connectivity index (χ4n) is 1.55. The summed E-state index contributed by atoms with van der Waals surface area (Å²) in [6.07, 6.45) is 0.968. The van der Waals surface area contributed by atoms with Crippen molar-refractivity contribution in [1.29, 1.82) is 0 Å². The van der Waals surface area contributed by atoms with Crippen LogP contribution in [0.5, 0.6) is 0 Å². The van der Waals surface area contributed by atoms with Gasteiger partial charge in [0.1, 0.15) is 5.58 Å². The van der Waals surface area contributed by atoms with Gasteiger partial charge in [-0.3, -0.25) is 0 Å². The maximum atomic E-state index is 11.3. The number of carbonyl (C=O) groups is 1. The van der Waals surface area contributed by atoms with E-state index in [4.69, 9.17) is 16.0 Å². The highest BCUT2D eigenvalue weighted by Gasteiger charge is 2.12. The van der Waals surface area contributed by atoms with Gasteiger partial charge in [-0.25, -0.2) is 4.79 Å². The average Bonchev–Trinajstić information content (AvgIpc) is 2.81. The minimum Gasteiger partial charge on any atom is -0.463 e. The lowest BCUT2D eigenvalue weighted by atomic mass is 10.2. The van der Waals surface area contributed by atoms with Gasteiger partial charge >= 0.3 is 5.97 Å². The number of thioether (sulfide) groups is 1. The summed E-state index contributed by atoms with van der Waals surface area (Å²) in [6.45, 7) is 0. The number of alkyl halides is 1. The van der Waals surface area contributed by atoms with Gasteiger partial charge in [-0.1, -0.05) is 0 Å². The summed E-state index contributed by atoms with van der Waals surface area (Å²) in [6, 6.07) is 7.57. The minimum absolute atomic E-state index is 0.232. The first kappa shape index (κ1) is 13.3. The molecule has 1 aromatic heterocycles. The van der Waals surface area contributed by atoms with Crippen molar-refractivity contribution in [3.05, 3.63) is 30.0 Å². The molecule has 0 saturated heterocycles. The highest BCUT2D eigenvalue weighted by molar-refractivity contribution is 7.99. The van der Waals surface area contributed by atoms with Crippen LogP contribution >= 0.6 is 23.4 Å². The monoisotopic (exact) mass is 284 g/mol. The topological polar surface area (TPSA) is 39.4 Å². The second kappa shape index (κ2) is 6.16. The van der Waals surface area contributed by atoms with Gasteiger partial charge in [0.25, 0.3) is 0 Å².